The zero-order chi connectivity index (χ0) is 14.4. The molecule has 0 spiro atoms. The van der Waals surface area contributed by atoms with E-state index < -0.39 is 5.97 Å². The number of para-hydroxylation sites is 1. The number of benzene rings is 1. The maximum atomic E-state index is 12.3. The lowest BCUT2D eigenvalue weighted by molar-refractivity contribution is -0.136. The van der Waals surface area contributed by atoms with Crippen molar-refractivity contribution in [2.24, 2.45) is 0 Å². The number of carboxylic acid groups (broad SMARTS) is 1. The molecular formula is C14H15N3O3. The molecule has 0 radical (unpaired) electrons. The van der Waals surface area contributed by atoms with Crippen molar-refractivity contribution < 1.29 is 14.7 Å². The SMILES string of the molecule is O=C(O)CCN(C(=O)Cc1ccn[nH]1)c1ccccc1. The van der Waals surface area contributed by atoms with E-state index in [2.05, 4.69) is 10.2 Å². The van der Waals surface area contributed by atoms with E-state index in [9.17, 15) is 9.59 Å². The molecule has 0 saturated heterocycles. The molecule has 0 aliphatic carbocycles. The number of H-pyrrole nitrogens is 1. The molecule has 0 fully saturated rings. The summed E-state index contributed by atoms with van der Waals surface area (Å²) in [6, 6.07) is 10.8. The summed E-state index contributed by atoms with van der Waals surface area (Å²) in [7, 11) is 0. The Morgan fingerprint density at radius 2 is 1.95 bits per heavy atom. The highest BCUT2D eigenvalue weighted by atomic mass is 16.4. The summed E-state index contributed by atoms with van der Waals surface area (Å²) >= 11 is 0. The highest BCUT2D eigenvalue weighted by molar-refractivity contribution is 5.94. The molecule has 1 aromatic carbocycles. The summed E-state index contributed by atoms with van der Waals surface area (Å²) in [5.41, 5.74) is 1.39. The fourth-order valence-electron chi connectivity index (χ4n) is 1.85. The van der Waals surface area contributed by atoms with E-state index in [4.69, 9.17) is 5.11 Å². The number of rotatable bonds is 6. The molecule has 0 aliphatic rings. The highest BCUT2D eigenvalue weighted by Gasteiger charge is 2.17. The lowest BCUT2D eigenvalue weighted by Crippen LogP contribution is -2.34. The Balaban J connectivity index is 2.13. The van der Waals surface area contributed by atoms with Crippen LogP contribution in [0, 0.1) is 0 Å². The van der Waals surface area contributed by atoms with Crippen molar-refractivity contribution in [3.63, 3.8) is 0 Å². The number of nitrogens with zero attached hydrogens (tertiary/aromatic N) is 2. The second-order valence-electron chi connectivity index (χ2n) is 4.28. The number of hydrogen-bond donors (Lipinski definition) is 2. The average molecular weight is 273 g/mol. The largest absolute Gasteiger partial charge is 0.481 e. The number of carbonyl (C=O) groups excluding carboxylic acids is 1. The zero-order valence-corrected chi connectivity index (χ0v) is 10.8. The topological polar surface area (TPSA) is 86.3 Å². The van der Waals surface area contributed by atoms with Crippen molar-refractivity contribution in [2.75, 3.05) is 11.4 Å². The molecule has 1 amide bonds. The Labute approximate surface area is 116 Å². The van der Waals surface area contributed by atoms with Crippen molar-refractivity contribution in [2.45, 2.75) is 12.8 Å². The van der Waals surface area contributed by atoms with Gasteiger partial charge < -0.3 is 10.0 Å². The average Bonchev–Trinajstić information content (AvgIpc) is 2.92. The first-order valence-electron chi connectivity index (χ1n) is 6.22. The van der Waals surface area contributed by atoms with Gasteiger partial charge in [0.05, 0.1) is 12.8 Å². The van der Waals surface area contributed by atoms with Crippen LogP contribution in [0.25, 0.3) is 0 Å². The summed E-state index contributed by atoms with van der Waals surface area (Å²) in [5.74, 6) is -1.10. The van der Waals surface area contributed by atoms with Crippen LogP contribution in [0.15, 0.2) is 42.6 Å². The van der Waals surface area contributed by atoms with E-state index in [1.54, 1.807) is 24.4 Å². The van der Waals surface area contributed by atoms with Crippen LogP contribution < -0.4 is 4.90 Å². The van der Waals surface area contributed by atoms with Gasteiger partial charge in [-0.05, 0) is 18.2 Å². The van der Waals surface area contributed by atoms with Gasteiger partial charge in [-0.2, -0.15) is 5.10 Å². The first kappa shape index (κ1) is 13.8. The summed E-state index contributed by atoms with van der Waals surface area (Å²) in [4.78, 5) is 24.5. The van der Waals surface area contributed by atoms with Crippen LogP contribution in [0.5, 0.6) is 0 Å². The van der Waals surface area contributed by atoms with Gasteiger partial charge in [0.1, 0.15) is 0 Å². The minimum Gasteiger partial charge on any atom is -0.481 e. The summed E-state index contributed by atoms with van der Waals surface area (Å²) in [6.45, 7) is 0.145. The number of hydrogen-bond acceptors (Lipinski definition) is 3. The maximum absolute atomic E-state index is 12.3. The number of aliphatic carboxylic acids is 1. The molecule has 6 heteroatoms. The van der Waals surface area contributed by atoms with Crippen LogP contribution in [-0.2, 0) is 16.0 Å². The monoisotopic (exact) mass is 273 g/mol. The zero-order valence-electron chi connectivity index (χ0n) is 10.8. The predicted molar refractivity (Wildman–Crippen MR) is 73.3 cm³/mol. The summed E-state index contributed by atoms with van der Waals surface area (Å²) in [5, 5.41) is 15.3. The van der Waals surface area contributed by atoms with Gasteiger partial charge in [-0.3, -0.25) is 14.7 Å². The summed E-state index contributed by atoms with van der Waals surface area (Å²) in [6.07, 6.45) is 1.64. The fourth-order valence-corrected chi connectivity index (χ4v) is 1.85. The molecular weight excluding hydrogens is 258 g/mol. The molecule has 1 heterocycles. The molecule has 2 N–H and O–H groups in total. The van der Waals surface area contributed by atoms with Crippen molar-refractivity contribution in [1.82, 2.24) is 10.2 Å². The van der Waals surface area contributed by atoms with E-state index in [1.165, 1.54) is 4.90 Å². The Bertz CT molecular complexity index is 567. The lowest BCUT2D eigenvalue weighted by atomic mass is 10.2. The molecule has 0 atom stereocenters. The molecule has 0 bridgehead atoms. The van der Waals surface area contributed by atoms with E-state index in [-0.39, 0.29) is 25.3 Å². The number of anilines is 1. The van der Waals surface area contributed by atoms with Crippen LogP contribution in [0.4, 0.5) is 5.69 Å². The Morgan fingerprint density at radius 1 is 1.20 bits per heavy atom. The van der Waals surface area contributed by atoms with Gasteiger partial charge in [0.15, 0.2) is 0 Å². The normalized spacial score (nSPS) is 10.2. The van der Waals surface area contributed by atoms with Crippen molar-refractivity contribution in [3.8, 4) is 0 Å². The molecule has 20 heavy (non-hydrogen) atoms. The molecule has 0 aliphatic heterocycles. The Kier molecular flexibility index (Phi) is 4.49. The van der Waals surface area contributed by atoms with Crippen LogP contribution in [0.1, 0.15) is 12.1 Å². The third kappa shape index (κ3) is 3.68. The van der Waals surface area contributed by atoms with Gasteiger partial charge >= 0.3 is 5.97 Å². The van der Waals surface area contributed by atoms with E-state index in [0.717, 1.165) is 0 Å². The molecule has 0 unspecified atom stereocenters. The molecule has 104 valence electrons. The van der Waals surface area contributed by atoms with Gasteiger partial charge in [-0.15, -0.1) is 0 Å². The second kappa shape index (κ2) is 6.51. The molecule has 6 nitrogen and oxygen atoms in total. The second-order valence-corrected chi connectivity index (χ2v) is 4.28. The number of nitrogens with one attached hydrogen (secondary N) is 1. The van der Waals surface area contributed by atoms with Gasteiger partial charge in [0.25, 0.3) is 0 Å². The van der Waals surface area contributed by atoms with Crippen LogP contribution in [0.2, 0.25) is 0 Å². The number of carbonyl (C=O) groups is 2. The Hall–Kier alpha value is -2.63. The Morgan fingerprint density at radius 3 is 2.55 bits per heavy atom. The van der Waals surface area contributed by atoms with E-state index >= 15 is 0 Å². The first-order valence-corrected chi connectivity index (χ1v) is 6.22. The van der Waals surface area contributed by atoms with Crippen LogP contribution in [0.3, 0.4) is 0 Å². The quantitative estimate of drug-likeness (QED) is 0.834. The minimum atomic E-state index is -0.930. The number of aromatic amines is 1. The summed E-state index contributed by atoms with van der Waals surface area (Å²) < 4.78 is 0. The van der Waals surface area contributed by atoms with Crippen LogP contribution in [-0.4, -0.2) is 33.7 Å². The van der Waals surface area contributed by atoms with E-state index in [1.807, 2.05) is 18.2 Å². The third-order valence-corrected chi connectivity index (χ3v) is 2.82. The lowest BCUT2D eigenvalue weighted by Gasteiger charge is -2.21. The van der Waals surface area contributed by atoms with Crippen molar-refractivity contribution in [1.29, 1.82) is 0 Å². The smallest absolute Gasteiger partial charge is 0.305 e. The van der Waals surface area contributed by atoms with E-state index in [0.29, 0.717) is 11.4 Å². The number of aromatic nitrogens is 2. The standard InChI is InChI=1S/C14H15N3O3/c18-13(10-11-6-8-15-16-11)17(9-7-14(19)20)12-4-2-1-3-5-12/h1-6,8H,7,9-10H2,(H,15,16)(H,19,20). The third-order valence-electron chi connectivity index (χ3n) is 2.82. The van der Waals surface area contributed by atoms with Gasteiger partial charge in [-0.1, -0.05) is 18.2 Å². The molecule has 0 saturated carbocycles. The minimum absolute atomic E-state index is 0.0936. The van der Waals surface area contributed by atoms with Gasteiger partial charge in [-0.25, -0.2) is 0 Å². The fraction of sp³-hybridized carbons (Fsp3) is 0.214. The first-order chi connectivity index (χ1) is 9.66. The van der Waals surface area contributed by atoms with Crippen LogP contribution >= 0.6 is 0 Å². The number of carboxylic acids is 1. The van der Waals surface area contributed by atoms with Gasteiger partial charge in [0, 0.05) is 24.1 Å². The number of amides is 1. The predicted octanol–water partition coefficient (Wildman–Crippen LogP) is 1.46. The maximum Gasteiger partial charge on any atom is 0.305 e. The molecule has 1 aromatic heterocycles. The highest BCUT2D eigenvalue weighted by Crippen LogP contribution is 2.15. The van der Waals surface area contributed by atoms with Crippen molar-refractivity contribution in [3.05, 3.63) is 48.3 Å². The molecule has 2 aromatic rings. The molecule has 2 rings (SSSR count). The van der Waals surface area contributed by atoms with Gasteiger partial charge in [0.2, 0.25) is 5.91 Å². The van der Waals surface area contributed by atoms with Crippen molar-refractivity contribution >= 4 is 17.6 Å².